The number of nitrogens with one attached hydrogen (secondary N) is 1. The number of anilines is 1. The highest BCUT2D eigenvalue weighted by Gasteiger charge is 2.49. The van der Waals surface area contributed by atoms with Gasteiger partial charge in [0.1, 0.15) is 0 Å². The fraction of sp³-hybridized carbons (Fsp3) is 0.667. The van der Waals surface area contributed by atoms with E-state index in [-0.39, 0.29) is 5.41 Å². The third-order valence-electron chi connectivity index (χ3n) is 3.90. The average molecular weight is 283 g/mol. The maximum absolute atomic E-state index is 6.08. The van der Waals surface area contributed by atoms with E-state index in [2.05, 4.69) is 38.0 Å². The van der Waals surface area contributed by atoms with Gasteiger partial charge in [-0.1, -0.05) is 39.3 Å². The zero-order chi connectivity index (χ0) is 14.0. The lowest BCUT2D eigenvalue weighted by Crippen LogP contribution is -2.58. The lowest BCUT2D eigenvalue weighted by Gasteiger charge is -2.52. The summed E-state index contributed by atoms with van der Waals surface area (Å²) in [5, 5.41) is 4.01. The zero-order valence-electron chi connectivity index (χ0n) is 12.1. The minimum atomic E-state index is 0.119. The van der Waals surface area contributed by atoms with Crippen LogP contribution in [0.2, 0.25) is 5.15 Å². The summed E-state index contributed by atoms with van der Waals surface area (Å²) in [5.74, 6) is 0.579. The molecule has 1 heterocycles. The van der Waals surface area contributed by atoms with Gasteiger partial charge < -0.3 is 10.1 Å². The fourth-order valence-electron chi connectivity index (χ4n) is 2.40. The number of hydrogen-bond acceptors (Lipinski definition) is 3. The standard InChI is InChI=1S/C15H23ClN2O/c1-10(2)9-19-13-8-12(15(13,3)4)18-11-6-5-7-17-14(11)16/h5-7,10,12-13,18H,8-9H2,1-4H3. The number of aromatic nitrogens is 1. The SMILES string of the molecule is CC(C)COC1CC(Nc2cccnc2Cl)C1(C)C. The molecule has 0 radical (unpaired) electrons. The van der Waals surface area contributed by atoms with E-state index in [1.54, 1.807) is 6.20 Å². The topological polar surface area (TPSA) is 34.1 Å². The Balaban J connectivity index is 1.93. The zero-order valence-corrected chi connectivity index (χ0v) is 12.9. The molecule has 1 aliphatic carbocycles. The van der Waals surface area contributed by atoms with Crippen LogP contribution in [0.4, 0.5) is 5.69 Å². The maximum atomic E-state index is 6.08. The van der Waals surface area contributed by atoms with Gasteiger partial charge in [0.15, 0.2) is 5.15 Å². The highest BCUT2D eigenvalue weighted by Crippen LogP contribution is 2.44. The van der Waals surface area contributed by atoms with Crippen LogP contribution in [-0.2, 0) is 4.74 Å². The Labute approximate surface area is 120 Å². The first kappa shape index (κ1) is 14.6. The van der Waals surface area contributed by atoms with Gasteiger partial charge in [-0.2, -0.15) is 0 Å². The summed E-state index contributed by atoms with van der Waals surface area (Å²) in [6.07, 6.45) is 3.04. The van der Waals surface area contributed by atoms with Crippen molar-refractivity contribution >= 4 is 17.3 Å². The molecule has 3 nitrogen and oxygen atoms in total. The van der Waals surface area contributed by atoms with Crippen molar-refractivity contribution in [2.45, 2.75) is 46.3 Å². The lowest BCUT2D eigenvalue weighted by atomic mass is 9.64. The van der Waals surface area contributed by atoms with Crippen molar-refractivity contribution in [2.75, 3.05) is 11.9 Å². The Morgan fingerprint density at radius 2 is 2.26 bits per heavy atom. The minimum Gasteiger partial charge on any atom is -0.379 e. The predicted octanol–water partition coefficient (Wildman–Crippen LogP) is 3.99. The van der Waals surface area contributed by atoms with Crippen molar-refractivity contribution in [1.82, 2.24) is 4.98 Å². The average Bonchev–Trinajstić information content (AvgIpc) is 2.34. The molecule has 2 unspecified atom stereocenters. The van der Waals surface area contributed by atoms with E-state index in [1.807, 2.05) is 12.1 Å². The Morgan fingerprint density at radius 3 is 2.84 bits per heavy atom. The van der Waals surface area contributed by atoms with Crippen LogP contribution in [-0.4, -0.2) is 23.7 Å². The third kappa shape index (κ3) is 3.21. The lowest BCUT2D eigenvalue weighted by molar-refractivity contribution is -0.108. The van der Waals surface area contributed by atoms with Gasteiger partial charge in [-0.3, -0.25) is 0 Å². The second-order valence-electron chi connectivity index (χ2n) is 6.31. The monoisotopic (exact) mass is 282 g/mol. The number of hydrogen-bond donors (Lipinski definition) is 1. The van der Waals surface area contributed by atoms with Crippen LogP contribution in [0, 0.1) is 11.3 Å². The molecule has 1 aromatic heterocycles. The smallest absolute Gasteiger partial charge is 0.152 e. The van der Waals surface area contributed by atoms with Gasteiger partial charge in [-0.05, 0) is 24.5 Å². The van der Waals surface area contributed by atoms with Crippen molar-refractivity contribution in [1.29, 1.82) is 0 Å². The number of pyridine rings is 1. The number of nitrogens with zero attached hydrogens (tertiary/aromatic N) is 1. The van der Waals surface area contributed by atoms with E-state index in [9.17, 15) is 0 Å². The first-order valence-corrected chi connectivity index (χ1v) is 7.27. The minimum absolute atomic E-state index is 0.119. The van der Waals surface area contributed by atoms with Gasteiger partial charge in [0, 0.05) is 24.3 Å². The Kier molecular flexibility index (Phi) is 4.36. The molecule has 1 N–H and O–H groups in total. The predicted molar refractivity (Wildman–Crippen MR) is 79.6 cm³/mol. The molecule has 0 aliphatic heterocycles. The van der Waals surface area contributed by atoms with Crippen molar-refractivity contribution in [3.8, 4) is 0 Å². The van der Waals surface area contributed by atoms with Gasteiger partial charge in [0.2, 0.25) is 0 Å². The molecule has 1 aromatic rings. The van der Waals surface area contributed by atoms with Crippen molar-refractivity contribution in [3.63, 3.8) is 0 Å². The molecule has 1 fully saturated rings. The molecular weight excluding hydrogens is 260 g/mol. The molecule has 0 spiro atoms. The van der Waals surface area contributed by atoms with E-state index < -0.39 is 0 Å². The second kappa shape index (κ2) is 5.68. The molecule has 0 amide bonds. The third-order valence-corrected chi connectivity index (χ3v) is 4.20. The van der Waals surface area contributed by atoms with Crippen LogP contribution in [0.25, 0.3) is 0 Å². The number of rotatable bonds is 5. The number of ether oxygens (including phenoxy) is 1. The van der Waals surface area contributed by atoms with E-state index in [4.69, 9.17) is 16.3 Å². The number of halogens is 1. The first-order chi connectivity index (χ1) is 8.91. The van der Waals surface area contributed by atoms with Crippen LogP contribution < -0.4 is 5.32 Å². The Morgan fingerprint density at radius 1 is 1.53 bits per heavy atom. The van der Waals surface area contributed by atoms with Crippen LogP contribution in [0.5, 0.6) is 0 Å². The molecule has 19 heavy (non-hydrogen) atoms. The van der Waals surface area contributed by atoms with Crippen LogP contribution in [0.15, 0.2) is 18.3 Å². The molecule has 0 saturated heterocycles. The second-order valence-corrected chi connectivity index (χ2v) is 6.67. The fourth-order valence-corrected chi connectivity index (χ4v) is 2.58. The van der Waals surface area contributed by atoms with E-state index >= 15 is 0 Å². The molecule has 4 heteroatoms. The molecule has 0 aromatic carbocycles. The van der Waals surface area contributed by atoms with Crippen LogP contribution in [0.3, 0.4) is 0 Å². The highest BCUT2D eigenvalue weighted by atomic mass is 35.5. The van der Waals surface area contributed by atoms with E-state index in [0.717, 1.165) is 18.7 Å². The molecule has 1 aliphatic rings. The van der Waals surface area contributed by atoms with Crippen molar-refractivity contribution < 1.29 is 4.74 Å². The molecule has 2 rings (SSSR count). The Hall–Kier alpha value is -0.800. The molecule has 0 bridgehead atoms. The van der Waals surface area contributed by atoms with E-state index in [0.29, 0.717) is 23.2 Å². The van der Waals surface area contributed by atoms with Crippen molar-refractivity contribution in [2.24, 2.45) is 11.3 Å². The van der Waals surface area contributed by atoms with Gasteiger partial charge in [0.25, 0.3) is 0 Å². The van der Waals surface area contributed by atoms with E-state index in [1.165, 1.54) is 0 Å². The summed E-state index contributed by atoms with van der Waals surface area (Å²) in [5.41, 5.74) is 1.03. The first-order valence-electron chi connectivity index (χ1n) is 6.90. The molecule has 106 valence electrons. The quantitative estimate of drug-likeness (QED) is 0.829. The Bertz CT molecular complexity index is 434. The van der Waals surface area contributed by atoms with Crippen LogP contribution >= 0.6 is 11.6 Å². The summed E-state index contributed by atoms with van der Waals surface area (Å²) < 4.78 is 5.96. The van der Waals surface area contributed by atoms with Gasteiger partial charge in [-0.25, -0.2) is 4.98 Å². The molecular formula is C15H23ClN2O. The van der Waals surface area contributed by atoms with Crippen LogP contribution in [0.1, 0.15) is 34.1 Å². The summed E-state index contributed by atoms with van der Waals surface area (Å²) >= 11 is 6.08. The van der Waals surface area contributed by atoms with Crippen molar-refractivity contribution in [3.05, 3.63) is 23.5 Å². The maximum Gasteiger partial charge on any atom is 0.152 e. The molecule has 1 saturated carbocycles. The van der Waals surface area contributed by atoms with Gasteiger partial charge >= 0.3 is 0 Å². The summed E-state index contributed by atoms with van der Waals surface area (Å²) in [4.78, 5) is 4.09. The molecule has 2 atom stereocenters. The summed E-state index contributed by atoms with van der Waals surface area (Å²) in [7, 11) is 0. The largest absolute Gasteiger partial charge is 0.379 e. The van der Waals surface area contributed by atoms with Gasteiger partial charge in [-0.15, -0.1) is 0 Å². The summed E-state index contributed by atoms with van der Waals surface area (Å²) in [6.45, 7) is 9.66. The summed E-state index contributed by atoms with van der Waals surface area (Å²) in [6, 6.07) is 4.24. The van der Waals surface area contributed by atoms with Gasteiger partial charge in [0.05, 0.1) is 11.8 Å². The highest BCUT2D eigenvalue weighted by molar-refractivity contribution is 6.31. The normalized spacial score (nSPS) is 25.2.